The molecule has 2 aromatic rings. The smallest absolute Gasteiger partial charge is 0.324 e. The Morgan fingerprint density at radius 3 is 2.50 bits per heavy atom. The number of anilines is 1. The average molecular weight is 527 g/mol. The summed E-state index contributed by atoms with van der Waals surface area (Å²) in [6.45, 7) is 11.5. The molecule has 1 amide bonds. The molecule has 0 bridgehead atoms. The predicted octanol–water partition coefficient (Wildman–Crippen LogP) is 6.29. The molecule has 3 heterocycles. The molecule has 9 heteroatoms. The lowest BCUT2D eigenvalue weighted by molar-refractivity contribution is -0.157. The first kappa shape index (κ1) is 25.4. The van der Waals surface area contributed by atoms with Crippen molar-refractivity contribution in [1.82, 2.24) is 5.32 Å². The van der Waals surface area contributed by atoms with Gasteiger partial charge in [0.1, 0.15) is 22.9 Å². The minimum Gasteiger partial charge on any atom is -0.459 e. The Hall–Kier alpha value is -1.67. The second kappa shape index (κ2) is 8.47. The van der Waals surface area contributed by atoms with Crippen molar-refractivity contribution in [2.75, 3.05) is 5.32 Å². The lowest BCUT2D eigenvalue weighted by Crippen LogP contribution is -2.49. The molecule has 5 nitrogen and oxygen atoms in total. The van der Waals surface area contributed by atoms with Gasteiger partial charge < -0.3 is 10.1 Å². The van der Waals surface area contributed by atoms with Crippen molar-refractivity contribution in [3.8, 4) is 0 Å². The molecular formula is C25H29Cl2FN2O3S. The van der Waals surface area contributed by atoms with Crippen LogP contribution in [0.25, 0.3) is 0 Å². The molecule has 4 rings (SSSR count). The van der Waals surface area contributed by atoms with Crippen molar-refractivity contribution >= 4 is 52.1 Å². The van der Waals surface area contributed by atoms with E-state index in [9.17, 15) is 9.59 Å². The van der Waals surface area contributed by atoms with Gasteiger partial charge in [-0.05, 0) is 50.3 Å². The zero-order valence-electron chi connectivity index (χ0n) is 20.0. The molecule has 0 saturated carbocycles. The molecule has 1 aromatic heterocycles. The van der Waals surface area contributed by atoms with Crippen LogP contribution in [0.1, 0.15) is 64.3 Å². The number of carbonyl (C=O) groups excluding carboxylic acids is 2. The van der Waals surface area contributed by atoms with Gasteiger partial charge >= 0.3 is 5.97 Å². The molecule has 0 unspecified atom stereocenters. The van der Waals surface area contributed by atoms with Crippen LogP contribution in [0.15, 0.2) is 24.3 Å². The van der Waals surface area contributed by atoms with E-state index in [0.717, 1.165) is 0 Å². The fraction of sp³-hybridized carbons (Fsp3) is 0.520. The summed E-state index contributed by atoms with van der Waals surface area (Å²) in [6, 6.07) is 4.92. The average Bonchev–Trinajstić information content (AvgIpc) is 3.27. The van der Waals surface area contributed by atoms with Crippen molar-refractivity contribution < 1.29 is 18.7 Å². The number of carbonyl (C=O) groups is 2. The molecule has 2 N–H and O–H groups in total. The van der Waals surface area contributed by atoms with Gasteiger partial charge in [-0.25, -0.2) is 4.39 Å². The molecule has 1 aromatic carbocycles. The predicted molar refractivity (Wildman–Crippen MR) is 134 cm³/mol. The first-order valence-corrected chi connectivity index (χ1v) is 12.8. The second-order valence-corrected chi connectivity index (χ2v) is 13.3. The number of hydrogen-bond donors (Lipinski definition) is 2. The van der Waals surface area contributed by atoms with Crippen LogP contribution in [-0.2, 0) is 19.7 Å². The van der Waals surface area contributed by atoms with Gasteiger partial charge in [0.05, 0.1) is 15.0 Å². The number of rotatable bonds is 3. The van der Waals surface area contributed by atoms with E-state index in [-0.39, 0.29) is 21.9 Å². The lowest BCUT2D eigenvalue weighted by Gasteiger charge is -2.37. The molecule has 4 atom stereocenters. The number of hydrogen-bond acceptors (Lipinski definition) is 5. The molecule has 34 heavy (non-hydrogen) atoms. The zero-order chi connectivity index (χ0) is 25.2. The highest BCUT2D eigenvalue weighted by molar-refractivity contribution is 7.17. The van der Waals surface area contributed by atoms with Crippen molar-refractivity contribution in [2.45, 2.75) is 77.0 Å². The summed E-state index contributed by atoms with van der Waals surface area (Å²) < 4.78 is 21.8. The molecule has 2 aliphatic heterocycles. The summed E-state index contributed by atoms with van der Waals surface area (Å²) in [5, 5.41) is 6.27. The second-order valence-electron chi connectivity index (χ2n) is 11.2. The Morgan fingerprint density at radius 2 is 1.88 bits per heavy atom. The first-order valence-electron chi connectivity index (χ1n) is 11.2. The maximum atomic E-state index is 15.6. The number of esters is 1. The van der Waals surface area contributed by atoms with E-state index in [1.165, 1.54) is 17.4 Å². The standard InChI is InChI=1S/C25H29Cl2FN2O3S/c1-23(2,3)11-15-25(20-14(29-22(25)32)10-16(27)34-20)17(12-8-7-9-13(26)18(12)28)19(30-15)21(31)33-24(4,5)6/h7-10,15,17,19,30H,11H2,1-6H3,(H,29,32)/t15-,17-,19+,25+/m0/s1. The van der Waals surface area contributed by atoms with Crippen molar-refractivity contribution in [2.24, 2.45) is 5.41 Å². The van der Waals surface area contributed by atoms with Gasteiger partial charge in [0, 0.05) is 16.8 Å². The molecule has 184 valence electrons. The van der Waals surface area contributed by atoms with Crippen LogP contribution in [-0.4, -0.2) is 29.6 Å². The molecule has 0 radical (unpaired) electrons. The Labute approximate surface area is 213 Å². The fourth-order valence-corrected chi connectivity index (χ4v) is 6.85. The van der Waals surface area contributed by atoms with Crippen LogP contribution in [0, 0.1) is 11.2 Å². The van der Waals surface area contributed by atoms with Gasteiger partial charge in [0.15, 0.2) is 0 Å². The van der Waals surface area contributed by atoms with Crippen LogP contribution in [0.4, 0.5) is 10.1 Å². The largest absolute Gasteiger partial charge is 0.459 e. The monoisotopic (exact) mass is 526 g/mol. The third-order valence-corrected chi connectivity index (χ3v) is 7.96. The number of ether oxygens (including phenoxy) is 1. The van der Waals surface area contributed by atoms with Crippen LogP contribution < -0.4 is 10.6 Å². The minimum atomic E-state index is -1.27. The first-order chi connectivity index (χ1) is 15.6. The molecule has 0 aliphatic carbocycles. The molecular weight excluding hydrogens is 498 g/mol. The zero-order valence-corrected chi connectivity index (χ0v) is 22.3. The van der Waals surface area contributed by atoms with Gasteiger partial charge in [-0.15, -0.1) is 11.3 Å². The van der Waals surface area contributed by atoms with Crippen molar-refractivity contribution in [1.29, 1.82) is 0 Å². The third-order valence-electron chi connectivity index (χ3n) is 6.25. The van der Waals surface area contributed by atoms with Crippen LogP contribution in [0.5, 0.6) is 0 Å². The van der Waals surface area contributed by atoms with Crippen LogP contribution in [0.3, 0.4) is 0 Å². The highest BCUT2D eigenvalue weighted by Gasteiger charge is 2.67. The highest BCUT2D eigenvalue weighted by atomic mass is 35.5. The maximum absolute atomic E-state index is 15.6. The van der Waals surface area contributed by atoms with E-state index in [4.69, 9.17) is 27.9 Å². The Morgan fingerprint density at radius 1 is 1.21 bits per heavy atom. The van der Waals surface area contributed by atoms with E-state index in [2.05, 4.69) is 31.4 Å². The summed E-state index contributed by atoms with van der Waals surface area (Å²) in [5.41, 5.74) is -1.44. The summed E-state index contributed by atoms with van der Waals surface area (Å²) >= 11 is 13.8. The van der Waals surface area contributed by atoms with Gasteiger partial charge in [-0.1, -0.05) is 56.1 Å². The number of benzene rings is 1. The Kier molecular flexibility index (Phi) is 6.33. The Bertz CT molecular complexity index is 1150. The van der Waals surface area contributed by atoms with Crippen molar-refractivity contribution in [3.05, 3.63) is 49.9 Å². The molecule has 2 aliphatic rings. The van der Waals surface area contributed by atoms with Gasteiger partial charge in [0.2, 0.25) is 5.91 Å². The quantitative estimate of drug-likeness (QED) is 0.461. The van der Waals surface area contributed by atoms with E-state index >= 15 is 4.39 Å². The summed E-state index contributed by atoms with van der Waals surface area (Å²) in [6.07, 6.45) is 0.549. The molecule has 1 fully saturated rings. The normalized spacial score (nSPS) is 26.6. The number of nitrogens with one attached hydrogen (secondary N) is 2. The molecule has 1 saturated heterocycles. The number of fused-ring (bicyclic) bond motifs is 2. The van der Waals surface area contributed by atoms with E-state index in [0.29, 0.717) is 21.3 Å². The van der Waals surface area contributed by atoms with Gasteiger partial charge in [-0.3, -0.25) is 14.9 Å². The number of halogens is 3. The minimum absolute atomic E-state index is 0.0716. The molecule has 1 spiro atoms. The summed E-state index contributed by atoms with van der Waals surface area (Å²) in [5.74, 6) is -2.38. The van der Waals surface area contributed by atoms with E-state index in [1.54, 1.807) is 39.0 Å². The van der Waals surface area contributed by atoms with Crippen molar-refractivity contribution in [3.63, 3.8) is 0 Å². The lowest BCUT2D eigenvalue weighted by atomic mass is 9.65. The summed E-state index contributed by atoms with van der Waals surface area (Å²) in [4.78, 5) is 28.1. The Balaban J connectivity index is 2.00. The van der Waals surface area contributed by atoms with E-state index in [1.807, 2.05) is 0 Å². The van der Waals surface area contributed by atoms with E-state index < -0.39 is 40.8 Å². The number of amides is 1. The topological polar surface area (TPSA) is 67.4 Å². The summed E-state index contributed by atoms with van der Waals surface area (Å²) in [7, 11) is 0. The maximum Gasteiger partial charge on any atom is 0.324 e. The number of thiophene rings is 1. The highest BCUT2D eigenvalue weighted by Crippen LogP contribution is 2.59. The van der Waals surface area contributed by atoms with Gasteiger partial charge in [-0.2, -0.15) is 0 Å². The third kappa shape index (κ3) is 4.25. The SMILES string of the molecule is CC(C)(C)C[C@@H]1N[C@@H](C(=O)OC(C)(C)C)[C@H](c2cccc(Cl)c2F)[C@]12C(=O)Nc1cc(Cl)sc12. The van der Waals surface area contributed by atoms with Crippen LogP contribution >= 0.6 is 34.5 Å². The fourth-order valence-electron chi connectivity index (χ4n) is 5.20. The van der Waals surface area contributed by atoms with Gasteiger partial charge in [0.25, 0.3) is 0 Å². The van der Waals surface area contributed by atoms with Crippen LogP contribution in [0.2, 0.25) is 9.36 Å².